The zero-order valence-electron chi connectivity index (χ0n) is 14.0. The van der Waals surface area contributed by atoms with Crippen LogP contribution in [0, 0.1) is 25.5 Å². The summed E-state index contributed by atoms with van der Waals surface area (Å²) in [5.74, 6) is -2.81. The van der Waals surface area contributed by atoms with Crippen molar-refractivity contribution in [3.05, 3.63) is 59.2 Å². The van der Waals surface area contributed by atoms with Gasteiger partial charge >= 0.3 is 0 Å². The van der Waals surface area contributed by atoms with Gasteiger partial charge in [0.15, 0.2) is 11.6 Å². The van der Waals surface area contributed by atoms with Gasteiger partial charge in [-0.25, -0.2) is 17.2 Å². The topological polar surface area (TPSA) is 66.5 Å². The first-order valence-corrected chi connectivity index (χ1v) is 9.22. The number of carbonyl (C=O) groups excluding carboxylic acids is 1. The fraction of sp³-hybridized carbons (Fsp3) is 0.235. The van der Waals surface area contributed by atoms with Crippen molar-refractivity contribution in [2.75, 3.05) is 22.4 Å². The normalized spacial score (nSPS) is 11.2. The Bertz CT molecular complexity index is 894. The first-order valence-electron chi connectivity index (χ1n) is 7.37. The molecule has 5 nitrogen and oxygen atoms in total. The number of hydrogen-bond acceptors (Lipinski definition) is 3. The largest absolute Gasteiger partial charge is 0.324 e. The number of halogens is 2. The zero-order valence-corrected chi connectivity index (χ0v) is 14.8. The van der Waals surface area contributed by atoms with Crippen molar-refractivity contribution in [3.8, 4) is 0 Å². The summed E-state index contributed by atoms with van der Waals surface area (Å²) >= 11 is 0. The predicted molar refractivity (Wildman–Crippen MR) is 93.1 cm³/mol. The molecule has 0 fully saturated rings. The Hall–Kier alpha value is -2.48. The highest BCUT2D eigenvalue weighted by atomic mass is 32.2. The molecule has 1 N–H and O–H groups in total. The van der Waals surface area contributed by atoms with Gasteiger partial charge in [-0.1, -0.05) is 6.07 Å². The summed E-state index contributed by atoms with van der Waals surface area (Å²) in [6.45, 7) is 3.15. The second-order valence-corrected chi connectivity index (χ2v) is 7.70. The molecule has 1 amide bonds. The average Bonchev–Trinajstić information content (AvgIpc) is 2.46. The van der Waals surface area contributed by atoms with E-state index in [9.17, 15) is 22.0 Å². The smallest absolute Gasteiger partial charge is 0.245 e. The van der Waals surface area contributed by atoms with Gasteiger partial charge in [0.05, 0.1) is 11.9 Å². The quantitative estimate of drug-likeness (QED) is 0.882. The van der Waals surface area contributed by atoms with Gasteiger partial charge in [0.25, 0.3) is 0 Å². The number of nitrogens with one attached hydrogen (secondary N) is 1. The lowest BCUT2D eigenvalue weighted by molar-refractivity contribution is -0.114. The lowest BCUT2D eigenvalue weighted by Gasteiger charge is -2.22. The van der Waals surface area contributed by atoms with Gasteiger partial charge in [-0.05, 0) is 49.2 Å². The molecule has 25 heavy (non-hydrogen) atoms. The van der Waals surface area contributed by atoms with Crippen molar-refractivity contribution in [2.45, 2.75) is 13.8 Å². The van der Waals surface area contributed by atoms with Crippen LogP contribution in [0.2, 0.25) is 0 Å². The van der Waals surface area contributed by atoms with E-state index in [4.69, 9.17) is 0 Å². The summed E-state index contributed by atoms with van der Waals surface area (Å²) in [6.07, 6.45) is 0.996. The van der Waals surface area contributed by atoms with Crippen LogP contribution in [0.5, 0.6) is 0 Å². The second kappa shape index (κ2) is 7.18. The maximum atomic E-state index is 13.2. The average molecular weight is 368 g/mol. The third-order valence-corrected chi connectivity index (χ3v) is 4.53. The van der Waals surface area contributed by atoms with Crippen LogP contribution in [0.4, 0.5) is 20.2 Å². The molecule has 0 aliphatic heterocycles. The lowest BCUT2D eigenvalue weighted by atomic mass is 10.1. The van der Waals surface area contributed by atoms with Gasteiger partial charge < -0.3 is 5.32 Å². The molecular formula is C17H18F2N2O3S. The summed E-state index contributed by atoms with van der Waals surface area (Å²) in [6, 6.07) is 8.08. The molecular weight excluding hydrogens is 350 g/mol. The molecule has 8 heteroatoms. The van der Waals surface area contributed by atoms with E-state index in [2.05, 4.69) is 5.32 Å². The molecule has 0 unspecified atom stereocenters. The molecule has 2 aromatic rings. The van der Waals surface area contributed by atoms with Crippen LogP contribution < -0.4 is 9.62 Å². The third kappa shape index (κ3) is 4.99. The van der Waals surface area contributed by atoms with Crippen LogP contribution in [0.25, 0.3) is 0 Å². The molecule has 2 aromatic carbocycles. The van der Waals surface area contributed by atoms with E-state index in [1.807, 2.05) is 19.9 Å². The summed E-state index contributed by atoms with van der Waals surface area (Å²) in [5, 5.41) is 2.36. The zero-order chi connectivity index (χ0) is 18.8. The predicted octanol–water partition coefficient (Wildman–Crippen LogP) is 2.99. The van der Waals surface area contributed by atoms with Crippen LogP contribution in [-0.4, -0.2) is 27.1 Å². The Kier molecular flexibility index (Phi) is 5.42. The van der Waals surface area contributed by atoms with Crippen LogP contribution in [0.15, 0.2) is 36.4 Å². The molecule has 0 aliphatic carbocycles. The van der Waals surface area contributed by atoms with Gasteiger partial charge in [-0.2, -0.15) is 0 Å². The van der Waals surface area contributed by atoms with Crippen molar-refractivity contribution in [3.63, 3.8) is 0 Å². The van der Waals surface area contributed by atoms with E-state index < -0.39 is 34.1 Å². The van der Waals surface area contributed by atoms with E-state index in [1.54, 1.807) is 12.1 Å². The summed E-state index contributed by atoms with van der Waals surface area (Å²) in [5.41, 5.74) is 2.10. The minimum absolute atomic E-state index is 0.0396. The molecule has 0 spiro atoms. The van der Waals surface area contributed by atoms with Crippen molar-refractivity contribution < 1.29 is 22.0 Å². The van der Waals surface area contributed by atoms with Gasteiger partial charge in [0.2, 0.25) is 15.9 Å². The fourth-order valence-electron chi connectivity index (χ4n) is 2.40. The highest BCUT2D eigenvalue weighted by Crippen LogP contribution is 2.21. The van der Waals surface area contributed by atoms with E-state index in [0.29, 0.717) is 5.69 Å². The van der Waals surface area contributed by atoms with Crippen molar-refractivity contribution in [1.82, 2.24) is 0 Å². The number of benzene rings is 2. The minimum Gasteiger partial charge on any atom is -0.324 e. The highest BCUT2D eigenvalue weighted by Gasteiger charge is 2.21. The molecule has 0 saturated carbocycles. The van der Waals surface area contributed by atoms with Crippen molar-refractivity contribution in [1.29, 1.82) is 0 Å². The number of sulfonamides is 1. The SMILES string of the molecule is Cc1cc(C)cc(N(CC(=O)Nc2ccc(F)c(F)c2)S(C)(=O)=O)c1. The van der Waals surface area contributed by atoms with Crippen molar-refractivity contribution in [2.24, 2.45) is 0 Å². The Morgan fingerprint density at radius 2 is 1.64 bits per heavy atom. The van der Waals surface area contributed by atoms with Crippen LogP contribution >= 0.6 is 0 Å². The fourth-order valence-corrected chi connectivity index (χ4v) is 3.24. The van der Waals surface area contributed by atoms with Gasteiger partial charge in [-0.3, -0.25) is 9.10 Å². The molecule has 0 radical (unpaired) electrons. The van der Waals surface area contributed by atoms with E-state index in [-0.39, 0.29) is 5.69 Å². The first kappa shape index (κ1) is 18.9. The van der Waals surface area contributed by atoms with Crippen molar-refractivity contribution >= 4 is 27.3 Å². The first-order chi connectivity index (χ1) is 11.6. The maximum Gasteiger partial charge on any atom is 0.245 e. The number of hydrogen-bond donors (Lipinski definition) is 1. The summed E-state index contributed by atoms with van der Waals surface area (Å²) < 4.78 is 51.2. The monoisotopic (exact) mass is 368 g/mol. The van der Waals surface area contributed by atoms with E-state index in [1.165, 1.54) is 6.07 Å². The summed E-state index contributed by atoms with van der Waals surface area (Å²) in [7, 11) is -3.72. The number of carbonyl (C=O) groups is 1. The Labute approximate surface area is 145 Å². The minimum atomic E-state index is -3.72. The van der Waals surface area contributed by atoms with E-state index >= 15 is 0 Å². The Balaban J connectivity index is 2.25. The van der Waals surface area contributed by atoms with Gasteiger partial charge in [-0.15, -0.1) is 0 Å². The Morgan fingerprint density at radius 3 is 2.16 bits per heavy atom. The molecule has 0 atom stereocenters. The van der Waals surface area contributed by atoms with Gasteiger partial charge in [0.1, 0.15) is 6.54 Å². The molecule has 0 aromatic heterocycles. The third-order valence-electron chi connectivity index (χ3n) is 3.39. The van der Waals surface area contributed by atoms with Crippen LogP contribution in [0.1, 0.15) is 11.1 Å². The molecule has 0 heterocycles. The molecule has 0 bridgehead atoms. The second-order valence-electron chi connectivity index (χ2n) is 5.79. The molecule has 2 rings (SSSR count). The molecule has 0 saturated heterocycles. The number of aryl methyl sites for hydroxylation is 2. The Morgan fingerprint density at radius 1 is 1.04 bits per heavy atom. The van der Waals surface area contributed by atoms with E-state index in [0.717, 1.165) is 33.8 Å². The molecule has 0 aliphatic rings. The molecule has 134 valence electrons. The number of rotatable bonds is 5. The van der Waals surface area contributed by atoms with Crippen LogP contribution in [0.3, 0.4) is 0 Å². The number of anilines is 2. The highest BCUT2D eigenvalue weighted by molar-refractivity contribution is 7.92. The van der Waals surface area contributed by atoms with Crippen LogP contribution in [-0.2, 0) is 14.8 Å². The maximum absolute atomic E-state index is 13.2. The number of nitrogens with zero attached hydrogens (tertiary/aromatic N) is 1. The number of amides is 1. The standard InChI is InChI=1S/C17H18F2N2O3S/c1-11-6-12(2)8-14(7-11)21(25(3,23)24)10-17(22)20-13-4-5-15(18)16(19)9-13/h4-9H,10H2,1-3H3,(H,20,22). The summed E-state index contributed by atoms with van der Waals surface area (Å²) in [4.78, 5) is 12.2. The van der Waals surface area contributed by atoms with Gasteiger partial charge in [0, 0.05) is 11.8 Å². The lowest BCUT2D eigenvalue weighted by Crippen LogP contribution is -2.37.